The number of anilines is 1. The van der Waals surface area contributed by atoms with Crippen molar-refractivity contribution in [1.82, 2.24) is 19.7 Å². The van der Waals surface area contributed by atoms with Crippen LogP contribution >= 0.6 is 11.8 Å². The van der Waals surface area contributed by atoms with Crippen molar-refractivity contribution >= 4 is 23.4 Å². The van der Waals surface area contributed by atoms with Crippen molar-refractivity contribution in [3.8, 4) is 0 Å². The number of piperidine rings is 1. The number of hydrogen-bond donors (Lipinski definition) is 1. The molecule has 0 bridgehead atoms. The standard InChI is InChI=1S/C20H25F2N5OS/c1-2-9-27-18(8-12-26-10-4-3-5-11-26)24-25-20(27)29-14-19(28)23-15-6-7-16(21)17(22)13-15/h2,6-7,13H,1,3-5,8-12,14H2,(H,23,28). The molecule has 0 spiro atoms. The highest BCUT2D eigenvalue weighted by molar-refractivity contribution is 7.99. The molecule has 2 heterocycles. The lowest BCUT2D eigenvalue weighted by Crippen LogP contribution is -2.32. The first kappa shape index (κ1) is 21.4. The van der Waals surface area contributed by atoms with Crippen LogP contribution in [0.15, 0.2) is 36.0 Å². The van der Waals surface area contributed by atoms with Crippen LogP contribution in [0.25, 0.3) is 0 Å². The molecule has 1 aliphatic rings. The van der Waals surface area contributed by atoms with Crippen LogP contribution in [-0.4, -0.2) is 51.0 Å². The van der Waals surface area contributed by atoms with E-state index in [4.69, 9.17) is 0 Å². The number of hydrogen-bond acceptors (Lipinski definition) is 5. The molecule has 6 nitrogen and oxygen atoms in total. The Morgan fingerprint density at radius 3 is 2.72 bits per heavy atom. The maximum absolute atomic E-state index is 13.3. The molecule has 0 aliphatic carbocycles. The number of carbonyl (C=O) groups is 1. The first-order valence-electron chi connectivity index (χ1n) is 9.70. The third-order valence-corrected chi connectivity index (χ3v) is 5.71. The zero-order valence-corrected chi connectivity index (χ0v) is 17.1. The summed E-state index contributed by atoms with van der Waals surface area (Å²) in [5.74, 6) is -1.32. The molecule has 0 unspecified atom stereocenters. The number of nitrogens with one attached hydrogen (secondary N) is 1. The van der Waals surface area contributed by atoms with Gasteiger partial charge in [-0.05, 0) is 38.1 Å². The summed E-state index contributed by atoms with van der Waals surface area (Å²) in [5, 5.41) is 11.7. The molecule has 1 aromatic heterocycles. The van der Waals surface area contributed by atoms with E-state index in [0.717, 1.165) is 44.0 Å². The predicted molar refractivity (Wildman–Crippen MR) is 110 cm³/mol. The zero-order chi connectivity index (χ0) is 20.6. The third-order valence-electron chi connectivity index (χ3n) is 4.74. The minimum atomic E-state index is -1.00. The molecule has 1 aliphatic heterocycles. The minimum Gasteiger partial charge on any atom is -0.325 e. The molecule has 3 rings (SSSR count). The monoisotopic (exact) mass is 421 g/mol. The normalized spacial score (nSPS) is 14.7. The van der Waals surface area contributed by atoms with E-state index in [2.05, 4.69) is 27.0 Å². The molecule has 1 saturated heterocycles. The number of allylic oxidation sites excluding steroid dienone is 1. The van der Waals surface area contributed by atoms with Gasteiger partial charge in [-0.25, -0.2) is 8.78 Å². The molecule has 29 heavy (non-hydrogen) atoms. The lowest BCUT2D eigenvalue weighted by Gasteiger charge is -2.26. The quantitative estimate of drug-likeness (QED) is 0.496. The summed E-state index contributed by atoms with van der Waals surface area (Å²) in [5.41, 5.74) is 0.212. The van der Waals surface area contributed by atoms with Gasteiger partial charge in [-0.2, -0.15) is 0 Å². The minimum absolute atomic E-state index is 0.0837. The molecular formula is C20H25F2N5OS. The van der Waals surface area contributed by atoms with E-state index >= 15 is 0 Å². The summed E-state index contributed by atoms with van der Waals surface area (Å²) in [4.78, 5) is 14.6. The van der Waals surface area contributed by atoms with E-state index in [0.29, 0.717) is 11.7 Å². The van der Waals surface area contributed by atoms with Crippen LogP contribution in [0.2, 0.25) is 0 Å². The number of halogens is 2. The number of rotatable bonds is 9. The number of nitrogens with zero attached hydrogens (tertiary/aromatic N) is 4. The first-order valence-corrected chi connectivity index (χ1v) is 10.7. The van der Waals surface area contributed by atoms with Gasteiger partial charge in [-0.1, -0.05) is 24.3 Å². The summed E-state index contributed by atoms with van der Waals surface area (Å²) in [6.07, 6.45) is 6.36. The number of aromatic nitrogens is 3. The predicted octanol–water partition coefficient (Wildman–Crippen LogP) is 3.50. The van der Waals surface area contributed by atoms with Crippen LogP contribution in [0.1, 0.15) is 25.1 Å². The molecule has 2 aromatic rings. The molecule has 1 N–H and O–H groups in total. The van der Waals surface area contributed by atoms with Crippen LogP contribution in [0.4, 0.5) is 14.5 Å². The second-order valence-corrected chi connectivity index (χ2v) is 7.86. The Morgan fingerprint density at radius 2 is 2.00 bits per heavy atom. The first-order chi connectivity index (χ1) is 14.1. The number of likely N-dealkylation sites (tertiary alicyclic amines) is 1. The fourth-order valence-corrected chi connectivity index (χ4v) is 4.03. The summed E-state index contributed by atoms with van der Waals surface area (Å²) in [6, 6.07) is 3.25. The summed E-state index contributed by atoms with van der Waals surface area (Å²) < 4.78 is 28.2. The second kappa shape index (κ2) is 10.5. The van der Waals surface area contributed by atoms with Crippen molar-refractivity contribution in [2.24, 2.45) is 0 Å². The molecule has 0 saturated carbocycles. The van der Waals surface area contributed by atoms with E-state index in [1.165, 1.54) is 37.1 Å². The van der Waals surface area contributed by atoms with Crippen LogP contribution in [0.5, 0.6) is 0 Å². The van der Waals surface area contributed by atoms with E-state index in [1.54, 1.807) is 6.08 Å². The van der Waals surface area contributed by atoms with Gasteiger partial charge in [0.1, 0.15) is 5.82 Å². The van der Waals surface area contributed by atoms with Gasteiger partial charge in [-0.15, -0.1) is 16.8 Å². The van der Waals surface area contributed by atoms with E-state index in [1.807, 2.05) is 4.57 Å². The Bertz CT molecular complexity index is 851. The van der Waals surface area contributed by atoms with Gasteiger partial charge < -0.3 is 14.8 Å². The van der Waals surface area contributed by atoms with Gasteiger partial charge in [0, 0.05) is 31.3 Å². The van der Waals surface area contributed by atoms with Crippen LogP contribution in [0, 0.1) is 11.6 Å². The summed E-state index contributed by atoms with van der Waals surface area (Å²) in [7, 11) is 0. The number of amides is 1. The highest BCUT2D eigenvalue weighted by Crippen LogP contribution is 2.19. The number of benzene rings is 1. The van der Waals surface area contributed by atoms with Crippen molar-refractivity contribution in [2.45, 2.75) is 37.4 Å². The Hall–Kier alpha value is -2.26. The molecule has 156 valence electrons. The lowest BCUT2D eigenvalue weighted by molar-refractivity contribution is -0.113. The van der Waals surface area contributed by atoms with Gasteiger partial charge in [-0.3, -0.25) is 4.79 Å². The van der Waals surface area contributed by atoms with E-state index in [9.17, 15) is 13.6 Å². The van der Waals surface area contributed by atoms with Crippen molar-refractivity contribution in [1.29, 1.82) is 0 Å². The van der Waals surface area contributed by atoms with Crippen molar-refractivity contribution in [3.63, 3.8) is 0 Å². The molecule has 0 atom stereocenters. The highest BCUT2D eigenvalue weighted by Gasteiger charge is 2.16. The number of carbonyl (C=O) groups excluding carboxylic acids is 1. The molecule has 1 aromatic carbocycles. The molecule has 9 heteroatoms. The van der Waals surface area contributed by atoms with Crippen LogP contribution in [0.3, 0.4) is 0 Å². The largest absolute Gasteiger partial charge is 0.325 e. The highest BCUT2D eigenvalue weighted by atomic mass is 32.2. The smallest absolute Gasteiger partial charge is 0.234 e. The Labute approximate surface area is 173 Å². The number of thioether (sulfide) groups is 1. The van der Waals surface area contributed by atoms with Crippen molar-refractivity contribution in [3.05, 3.63) is 48.3 Å². The van der Waals surface area contributed by atoms with Gasteiger partial charge in [0.25, 0.3) is 0 Å². The molecule has 1 fully saturated rings. The van der Waals surface area contributed by atoms with Gasteiger partial charge in [0.05, 0.1) is 5.75 Å². The Kier molecular flexibility index (Phi) is 7.76. The van der Waals surface area contributed by atoms with E-state index in [-0.39, 0.29) is 17.3 Å². The molecular weight excluding hydrogens is 396 g/mol. The molecule has 1 amide bonds. The Morgan fingerprint density at radius 1 is 1.21 bits per heavy atom. The average Bonchev–Trinajstić information content (AvgIpc) is 3.10. The van der Waals surface area contributed by atoms with Crippen molar-refractivity contribution < 1.29 is 13.6 Å². The summed E-state index contributed by atoms with van der Waals surface area (Å²) >= 11 is 1.25. The zero-order valence-electron chi connectivity index (χ0n) is 16.2. The maximum atomic E-state index is 13.3. The SMILES string of the molecule is C=CCn1c(CCN2CCCCC2)nnc1SCC(=O)Nc1ccc(F)c(F)c1. The third kappa shape index (κ3) is 6.11. The topological polar surface area (TPSA) is 63.1 Å². The van der Waals surface area contributed by atoms with Crippen LogP contribution < -0.4 is 5.32 Å². The van der Waals surface area contributed by atoms with Gasteiger partial charge in [0.15, 0.2) is 16.8 Å². The fourth-order valence-electron chi connectivity index (χ4n) is 3.27. The van der Waals surface area contributed by atoms with Crippen LogP contribution in [-0.2, 0) is 17.8 Å². The van der Waals surface area contributed by atoms with Crippen molar-refractivity contribution in [2.75, 3.05) is 30.7 Å². The average molecular weight is 422 g/mol. The van der Waals surface area contributed by atoms with Gasteiger partial charge >= 0.3 is 0 Å². The summed E-state index contributed by atoms with van der Waals surface area (Å²) in [6.45, 7) is 7.55. The fraction of sp³-hybridized carbons (Fsp3) is 0.450. The second-order valence-electron chi connectivity index (χ2n) is 6.92. The lowest BCUT2D eigenvalue weighted by atomic mass is 10.1. The van der Waals surface area contributed by atoms with Gasteiger partial charge in [0.2, 0.25) is 5.91 Å². The Balaban J connectivity index is 1.56. The maximum Gasteiger partial charge on any atom is 0.234 e. The van der Waals surface area contributed by atoms with E-state index < -0.39 is 11.6 Å². The molecule has 0 radical (unpaired) electrons.